The SMILES string of the molecule is OC1C(CCC2CC3C(c4ccccc4)CCCC3C2O)CC2C(c3ccccc3)CCCC12. The smallest absolute Gasteiger partial charge is 0.0599 e. The Bertz CT molecular complexity index is 849. The first-order valence-electron chi connectivity index (χ1n) is 14.2. The van der Waals surface area contributed by atoms with Gasteiger partial charge in [0.1, 0.15) is 0 Å². The van der Waals surface area contributed by atoms with Crippen LogP contribution in [0.2, 0.25) is 0 Å². The molecule has 0 bridgehead atoms. The molecule has 10 atom stereocenters. The highest BCUT2D eigenvalue weighted by atomic mass is 16.3. The quantitative estimate of drug-likeness (QED) is 0.510. The summed E-state index contributed by atoms with van der Waals surface area (Å²) < 4.78 is 0. The van der Waals surface area contributed by atoms with Gasteiger partial charge in [-0.05, 0) is 110 Å². The van der Waals surface area contributed by atoms with Crippen molar-refractivity contribution in [2.75, 3.05) is 0 Å². The molecule has 10 unspecified atom stereocenters. The minimum atomic E-state index is -0.144. The van der Waals surface area contributed by atoms with Gasteiger partial charge in [-0.2, -0.15) is 0 Å². The number of hydrogen-bond donors (Lipinski definition) is 2. The van der Waals surface area contributed by atoms with E-state index in [1.807, 2.05) is 0 Å². The zero-order valence-corrected chi connectivity index (χ0v) is 20.5. The molecule has 4 fully saturated rings. The minimum absolute atomic E-state index is 0.144. The van der Waals surface area contributed by atoms with E-state index in [1.165, 1.54) is 62.5 Å². The highest BCUT2D eigenvalue weighted by molar-refractivity contribution is 5.23. The van der Waals surface area contributed by atoms with E-state index in [-0.39, 0.29) is 12.2 Å². The van der Waals surface area contributed by atoms with Crippen LogP contribution in [-0.2, 0) is 0 Å². The molecule has 0 aliphatic heterocycles. The lowest BCUT2D eigenvalue weighted by molar-refractivity contribution is 0.0463. The molecule has 0 saturated heterocycles. The van der Waals surface area contributed by atoms with Crippen LogP contribution < -0.4 is 0 Å². The average Bonchev–Trinajstić information content (AvgIpc) is 3.40. The van der Waals surface area contributed by atoms with Gasteiger partial charge in [-0.3, -0.25) is 0 Å². The van der Waals surface area contributed by atoms with Gasteiger partial charge in [0, 0.05) is 0 Å². The van der Waals surface area contributed by atoms with E-state index in [4.69, 9.17) is 0 Å². The first-order valence-corrected chi connectivity index (χ1v) is 14.2. The van der Waals surface area contributed by atoms with Crippen molar-refractivity contribution in [2.45, 2.75) is 88.3 Å². The zero-order valence-electron chi connectivity index (χ0n) is 20.5. The largest absolute Gasteiger partial charge is 0.393 e. The molecule has 6 rings (SSSR count). The lowest BCUT2D eigenvalue weighted by atomic mass is 9.70. The summed E-state index contributed by atoms with van der Waals surface area (Å²) in [5, 5.41) is 22.6. The highest BCUT2D eigenvalue weighted by Gasteiger charge is 2.49. The van der Waals surface area contributed by atoms with E-state index in [9.17, 15) is 10.2 Å². The maximum absolute atomic E-state index is 11.3. The molecule has 0 spiro atoms. The zero-order chi connectivity index (χ0) is 23.1. The number of rotatable bonds is 5. The summed E-state index contributed by atoms with van der Waals surface area (Å²) in [5.74, 6) is 4.28. The molecule has 4 saturated carbocycles. The second kappa shape index (κ2) is 9.78. The van der Waals surface area contributed by atoms with Gasteiger partial charge in [-0.15, -0.1) is 0 Å². The van der Waals surface area contributed by atoms with Crippen LogP contribution in [-0.4, -0.2) is 22.4 Å². The first-order chi connectivity index (χ1) is 16.7. The van der Waals surface area contributed by atoms with E-state index >= 15 is 0 Å². The van der Waals surface area contributed by atoms with E-state index in [0.717, 1.165) is 12.8 Å². The molecule has 0 amide bonds. The second-order valence-electron chi connectivity index (χ2n) is 12.1. The van der Waals surface area contributed by atoms with Gasteiger partial charge in [0.05, 0.1) is 12.2 Å². The summed E-state index contributed by atoms with van der Waals surface area (Å²) in [6.07, 6.45) is 11.7. The van der Waals surface area contributed by atoms with Gasteiger partial charge in [0.2, 0.25) is 0 Å². The fourth-order valence-electron chi connectivity index (χ4n) is 9.04. The van der Waals surface area contributed by atoms with Crippen LogP contribution in [0.4, 0.5) is 0 Å². The summed E-state index contributed by atoms with van der Waals surface area (Å²) in [5.41, 5.74) is 2.96. The van der Waals surface area contributed by atoms with Crippen molar-refractivity contribution in [3.05, 3.63) is 71.8 Å². The third-order valence-electron chi connectivity index (χ3n) is 10.6. The second-order valence-corrected chi connectivity index (χ2v) is 12.1. The summed E-state index contributed by atoms with van der Waals surface area (Å²) in [7, 11) is 0. The molecule has 2 nitrogen and oxygen atoms in total. The molecule has 182 valence electrons. The molecule has 2 aromatic rings. The molecule has 0 radical (unpaired) electrons. The number of benzene rings is 2. The van der Waals surface area contributed by atoms with Crippen LogP contribution in [0.1, 0.15) is 87.2 Å². The molecule has 0 heterocycles. The van der Waals surface area contributed by atoms with Crippen LogP contribution in [0, 0.1) is 35.5 Å². The van der Waals surface area contributed by atoms with Crippen molar-refractivity contribution in [2.24, 2.45) is 35.5 Å². The molecule has 2 aromatic carbocycles. The van der Waals surface area contributed by atoms with Gasteiger partial charge < -0.3 is 10.2 Å². The predicted octanol–water partition coefficient (Wildman–Crippen LogP) is 6.93. The Kier molecular flexibility index (Phi) is 6.56. The van der Waals surface area contributed by atoms with Gasteiger partial charge >= 0.3 is 0 Å². The number of fused-ring (bicyclic) bond motifs is 2. The third kappa shape index (κ3) is 4.16. The normalized spacial score (nSPS) is 41.7. The highest BCUT2D eigenvalue weighted by Crippen LogP contribution is 2.55. The van der Waals surface area contributed by atoms with Crippen molar-refractivity contribution >= 4 is 0 Å². The minimum Gasteiger partial charge on any atom is -0.393 e. The number of hydrogen-bond acceptors (Lipinski definition) is 2. The molecule has 2 heteroatoms. The molecule has 34 heavy (non-hydrogen) atoms. The number of aliphatic hydroxyl groups is 2. The average molecular weight is 459 g/mol. The Balaban J connectivity index is 1.11. The van der Waals surface area contributed by atoms with Crippen molar-refractivity contribution < 1.29 is 10.2 Å². The fourth-order valence-corrected chi connectivity index (χ4v) is 9.04. The van der Waals surface area contributed by atoms with Crippen LogP contribution in [0.15, 0.2) is 60.7 Å². The maximum Gasteiger partial charge on any atom is 0.0599 e. The monoisotopic (exact) mass is 458 g/mol. The van der Waals surface area contributed by atoms with Crippen LogP contribution in [0.3, 0.4) is 0 Å². The molecule has 2 N–H and O–H groups in total. The molecular weight excluding hydrogens is 416 g/mol. The predicted molar refractivity (Wildman–Crippen MR) is 137 cm³/mol. The lowest BCUT2D eigenvalue weighted by Crippen LogP contribution is -2.30. The van der Waals surface area contributed by atoms with Crippen molar-refractivity contribution in [1.82, 2.24) is 0 Å². The van der Waals surface area contributed by atoms with E-state index in [1.54, 1.807) is 0 Å². The molecule has 0 aromatic heterocycles. The summed E-state index contributed by atoms with van der Waals surface area (Å²) in [6.45, 7) is 0. The van der Waals surface area contributed by atoms with E-state index < -0.39 is 0 Å². The van der Waals surface area contributed by atoms with Gasteiger partial charge in [-0.1, -0.05) is 73.5 Å². The third-order valence-corrected chi connectivity index (χ3v) is 10.6. The first kappa shape index (κ1) is 22.8. The van der Waals surface area contributed by atoms with Crippen molar-refractivity contribution in [1.29, 1.82) is 0 Å². The van der Waals surface area contributed by atoms with Gasteiger partial charge in [0.25, 0.3) is 0 Å². The lowest BCUT2D eigenvalue weighted by Gasteiger charge is -2.35. The molecular formula is C32H42O2. The van der Waals surface area contributed by atoms with Gasteiger partial charge in [0.15, 0.2) is 0 Å². The summed E-state index contributed by atoms with van der Waals surface area (Å²) >= 11 is 0. The van der Waals surface area contributed by atoms with E-state index in [2.05, 4.69) is 60.7 Å². The Morgan fingerprint density at radius 2 is 0.941 bits per heavy atom. The Labute approximate surface area is 205 Å². The van der Waals surface area contributed by atoms with Crippen molar-refractivity contribution in [3.63, 3.8) is 0 Å². The van der Waals surface area contributed by atoms with Crippen LogP contribution in [0.5, 0.6) is 0 Å². The van der Waals surface area contributed by atoms with Crippen molar-refractivity contribution in [3.8, 4) is 0 Å². The van der Waals surface area contributed by atoms with E-state index in [0.29, 0.717) is 47.3 Å². The maximum atomic E-state index is 11.3. The summed E-state index contributed by atoms with van der Waals surface area (Å²) in [6, 6.07) is 22.1. The summed E-state index contributed by atoms with van der Waals surface area (Å²) in [4.78, 5) is 0. The Morgan fingerprint density at radius 3 is 1.35 bits per heavy atom. The number of aliphatic hydroxyl groups excluding tert-OH is 2. The fraction of sp³-hybridized carbons (Fsp3) is 0.625. The topological polar surface area (TPSA) is 40.5 Å². The molecule has 4 aliphatic carbocycles. The molecule has 4 aliphatic rings. The Morgan fingerprint density at radius 1 is 0.529 bits per heavy atom. The standard InChI is InChI=1S/C32H42O2/c33-31-23(19-29-25(13-7-15-27(29)31)21-9-3-1-4-10-21)17-18-24-20-30-26(22-11-5-2-6-12-22)14-8-16-28(30)32(24)34/h1-6,9-12,23-34H,7-8,13-20H2. The van der Waals surface area contributed by atoms with Crippen LogP contribution in [0.25, 0.3) is 0 Å². The Hall–Kier alpha value is -1.64. The van der Waals surface area contributed by atoms with Crippen LogP contribution >= 0.6 is 0 Å². The van der Waals surface area contributed by atoms with Gasteiger partial charge in [-0.25, -0.2) is 0 Å².